The zero-order valence-electron chi connectivity index (χ0n) is 12.2. The first-order chi connectivity index (χ1) is 10.7. The largest absolute Gasteiger partial charge is 0.383 e. The molecule has 0 bridgehead atoms. The first-order valence-corrected chi connectivity index (χ1v) is 6.92. The highest BCUT2D eigenvalue weighted by atomic mass is 19.1. The summed E-state index contributed by atoms with van der Waals surface area (Å²) in [4.78, 5) is 16.9. The standard InChI is InChI=1S/C17H17FN2O2/c1-13(17(21)19-11-14-7-3-2-4-8-14)22-20-12-15-9-5-6-10-16(15)18/h2-10,12-13H,11H2,1H3,(H,19,21)/b20-12-/t13-/m0/s1. The highest BCUT2D eigenvalue weighted by Crippen LogP contribution is 2.04. The van der Waals surface area contributed by atoms with E-state index in [1.807, 2.05) is 30.3 Å². The van der Waals surface area contributed by atoms with Crippen molar-refractivity contribution >= 4 is 12.1 Å². The Bertz CT molecular complexity index is 644. The number of carbonyl (C=O) groups is 1. The summed E-state index contributed by atoms with van der Waals surface area (Å²) in [6.07, 6.45) is 0.489. The number of nitrogens with zero attached hydrogens (tertiary/aromatic N) is 1. The van der Waals surface area contributed by atoms with E-state index < -0.39 is 11.9 Å². The van der Waals surface area contributed by atoms with Gasteiger partial charge in [-0.2, -0.15) is 0 Å². The van der Waals surface area contributed by atoms with Crippen molar-refractivity contribution < 1.29 is 14.0 Å². The molecule has 0 heterocycles. The third-order valence-electron chi connectivity index (χ3n) is 2.99. The van der Waals surface area contributed by atoms with Crippen molar-refractivity contribution in [2.24, 2.45) is 5.16 Å². The first-order valence-electron chi connectivity index (χ1n) is 6.92. The van der Waals surface area contributed by atoms with Crippen molar-refractivity contribution in [3.63, 3.8) is 0 Å². The molecule has 0 aliphatic heterocycles. The van der Waals surface area contributed by atoms with E-state index >= 15 is 0 Å². The minimum Gasteiger partial charge on any atom is -0.383 e. The number of carbonyl (C=O) groups excluding carboxylic acids is 1. The predicted molar refractivity (Wildman–Crippen MR) is 82.8 cm³/mol. The molecule has 2 aromatic rings. The zero-order chi connectivity index (χ0) is 15.8. The molecule has 0 aromatic heterocycles. The van der Waals surface area contributed by atoms with Gasteiger partial charge < -0.3 is 10.2 Å². The van der Waals surface area contributed by atoms with Crippen LogP contribution in [0.1, 0.15) is 18.1 Å². The van der Waals surface area contributed by atoms with Gasteiger partial charge in [0.15, 0.2) is 0 Å². The molecule has 0 aliphatic rings. The van der Waals surface area contributed by atoms with Crippen LogP contribution in [-0.4, -0.2) is 18.2 Å². The van der Waals surface area contributed by atoms with E-state index in [1.54, 1.807) is 25.1 Å². The fourth-order valence-electron chi connectivity index (χ4n) is 1.73. The Balaban J connectivity index is 1.80. The van der Waals surface area contributed by atoms with Gasteiger partial charge >= 0.3 is 0 Å². The molecular formula is C17H17FN2O2. The molecule has 0 fully saturated rings. The molecule has 5 heteroatoms. The van der Waals surface area contributed by atoms with Crippen LogP contribution in [-0.2, 0) is 16.2 Å². The number of rotatable bonds is 6. The summed E-state index contributed by atoms with van der Waals surface area (Å²) < 4.78 is 13.4. The third kappa shape index (κ3) is 4.70. The van der Waals surface area contributed by atoms with Crippen LogP contribution < -0.4 is 5.32 Å². The summed E-state index contributed by atoms with van der Waals surface area (Å²) in [6, 6.07) is 15.7. The number of hydrogen-bond donors (Lipinski definition) is 1. The molecule has 0 spiro atoms. The summed E-state index contributed by atoms with van der Waals surface area (Å²) in [5, 5.41) is 6.40. The van der Waals surface area contributed by atoms with Crippen LogP contribution in [0.4, 0.5) is 4.39 Å². The molecular weight excluding hydrogens is 283 g/mol. The Morgan fingerprint density at radius 2 is 1.91 bits per heavy atom. The maximum atomic E-state index is 13.4. The van der Waals surface area contributed by atoms with E-state index in [4.69, 9.17) is 4.84 Å². The number of nitrogens with one attached hydrogen (secondary N) is 1. The van der Waals surface area contributed by atoms with Crippen molar-refractivity contribution in [3.05, 3.63) is 71.5 Å². The minimum atomic E-state index is -0.758. The van der Waals surface area contributed by atoms with Gasteiger partial charge in [-0.3, -0.25) is 4.79 Å². The van der Waals surface area contributed by atoms with Crippen LogP contribution in [0.5, 0.6) is 0 Å². The van der Waals surface area contributed by atoms with E-state index in [9.17, 15) is 9.18 Å². The van der Waals surface area contributed by atoms with Crippen LogP contribution in [0.15, 0.2) is 59.8 Å². The average molecular weight is 300 g/mol. The van der Waals surface area contributed by atoms with Crippen LogP contribution in [0.2, 0.25) is 0 Å². The lowest BCUT2D eigenvalue weighted by atomic mass is 10.2. The number of amides is 1. The Morgan fingerprint density at radius 1 is 1.23 bits per heavy atom. The normalized spacial score (nSPS) is 12.1. The summed E-state index contributed by atoms with van der Waals surface area (Å²) in [5.74, 6) is -0.675. The molecule has 1 amide bonds. The van der Waals surface area contributed by atoms with Gasteiger partial charge in [0, 0.05) is 12.1 Å². The van der Waals surface area contributed by atoms with Crippen molar-refractivity contribution in [1.29, 1.82) is 0 Å². The number of benzene rings is 2. The van der Waals surface area contributed by atoms with E-state index in [-0.39, 0.29) is 5.91 Å². The van der Waals surface area contributed by atoms with Gasteiger partial charge in [-0.25, -0.2) is 4.39 Å². The molecule has 2 aromatic carbocycles. The van der Waals surface area contributed by atoms with E-state index in [2.05, 4.69) is 10.5 Å². The van der Waals surface area contributed by atoms with Gasteiger partial charge in [-0.15, -0.1) is 0 Å². The SMILES string of the molecule is C[C@H](O/N=C\c1ccccc1F)C(=O)NCc1ccccc1. The van der Waals surface area contributed by atoms with Crippen LogP contribution in [0.25, 0.3) is 0 Å². The summed E-state index contributed by atoms with van der Waals surface area (Å²) in [5.41, 5.74) is 1.30. The molecule has 2 rings (SSSR count). The fourth-order valence-corrected chi connectivity index (χ4v) is 1.73. The topological polar surface area (TPSA) is 50.7 Å². The van der Waals surface area contributed by atoms with Gasteiger partial charge in [0.05, 0.1) is 6.21 Å². The van der Waals surface area contributed by atoms with Crippen LogP contribution in [0.3, 0.4) is 0 Å². The number of oxime groups is 1. The highest BCUT2D eigenvalue weighted by Gasteiger charge is 2.13. The molecule has 0 unspecified atom stereocenters. The Labute approximate surface area is 128 Å². The van der Waals surface area contributed by atoms with Crippen LogP contribution >= 0.6 is 0 Å². The molecule has 0 saturated heterocycles. The highest BCUT2D eigenvalue weighted by molar-refractivity contribution is 5.81. The monoisotopic (exact) mass is 300 g/mol. The molecule has 4 nitrogen and oxygen atoms in total. The molecule has 1 N–H and O–H groups in total. The maximum absolute atomic E-state index is 13.4. The smallest absolute Gasteiger partial charge is 0.263 e. The van der Waals surface area contributed by atoms with Gasteiger partial charge in [0.25, 0.3) is 5.91 Å². The lowest BCUT2D eigenvalue weighted by Gasteiger charge is -2.10. The third-order valence-corrected chi connectivity index (χ3v) is 2.99. The number of hydrogen-bond acceptors (Lipinski definition) is 3. The lowest BCUT2D eigenvalue weighted by Crippen LogP contribution is -2.33. The van der Waals surface area contributed by atoms with Gasteiger partial charge in [-0.1, -0.05) is 53.7 Å². The second-order valence-corrected chi connectivity index (χ2v) is 4.71. The quantitative estimate of drug-likeness (QED) is 0.659. The van der Waals surface area contributed by atoms with Crippen molar-refractivity contribution in [2.45, 2.75) is 19.6 Å². The molecule has 22 heavy (non-hydrogen) atoms. The van der Waals surface area contributed by atoms with E-state index in [0.717, 1.165) is 5.56 Å². The minimum absolute atomic E-state index is 0.283. The van der Waals surface area contributed by atoms with Gasteiger partial charge in [0.1, 0.15) is 5.82 Å². The fraction of sp³-hybridized carbons (Fsp3) is 0.176. The van der Waals surface area contributed by atoms with Crippen molar-refractivity contribution in [3.8, 4) is 0 Å². The molecule has 0 aliphatic carbocycles. The van der Waals surface area contributed by atoms with Gasteiger partial charge in [-0.05, 0) is 18.6 Å². The summed E-state index contributed by atoms with van der Waals surface area (Å²) in [6.45, 7) is 2.00. The molecule has 0 radical (unpaired) electrons. The molecule has 114 valence electrons. The van der Waals surface area contributed by atoms with E-state index in [0.29, 0.717) is 12.1 Å². The lowest BCUT2D eigenvalue weighted by molar-refractivity contribution is -0.131. The second kappa shape index (κ2) is 7.93. The predicted octanol–water partition coefficient (Wildman–Crippen LogP) is 2.88. The Hall–Kier alpha value is -2.69. The Morgan fingerprint density at radius 3 is 2.64 bits per heavy atom. The number of halogens is 1. The second-order valence-electron chi connectivity index (χ2n) is 4.71. The van der Waals surface area contributed by atoms with Crippen molar-refractivity contribution in [2.75, 3.05) is 0 Å². The van der Waals surface area contributed by atoms with Gasteiger partial charge in [0.2, 0.25) is 6.10 Å². The summed E-state index contributed by atoms with van der Waals surface area (Å²) >= 11 is 0. The zero-order valence-corrected chi connectivity index (χ0v) is 12.2. The van der Waals surface area contributed by atoms with E-state index in [1.165, 1.54) is 12.3 Å². The Kier molecular flexibility index (Phi) is 5.65. The van der Waals surface area contributed by atoms with Crippen LogP contribution in [0, 0.1) is 5.82 Å². The first kappa shape index (κ1) is 15.7. The average Bonchev–Trinajstić information content (AvgIpc) is 2.55. The molecule has 1 atom stereocenters. The van der Waals surface area contributed by atoms with Crippen molar-refractivity contribution in [1.82, 2.24) is 5.32 Å². The maximum Gasteiger partial charge on any atom is 0.263 e. The summed E-state index contributed by atoms with van der Waals surface area (Å²) in [7, 11) is 0. The molecule has 0 saturated carbocycles.